The number of urea groups is 1. The third kappa shape index (κ3) is 5.11. The average Bonchev–Trinajstić information content (AvgIpc) is 2.93. The number of rotatable bonds is 5. The summed E-state index contributed by atoms with van der Waals surface area (Å²) in [6, 6.07) is 6.24. The van der Waals surface area contributed by atoms with E-state index in [0.717, 1.165) is 30.6 Å². The van der Waals surface area contributed by atoms with E-state index in [0.29, 0.717) is 12.1 Å². The minimum absolute atomic E-state index is 0.117. The zero-order valence-electron chi connectivity index (χ0n) is 12.8. The van der Waals surface area contributed by atoms with Gasteiger partial charge in [-0.2, -0.15) is 0 Å². The molecule has 3 N–H and O–H groups in total. The quantitative estimate of drug-likeness (QED) is 0.746. The number of amides is 3. The lowest BCUT2D eigenvalue weighted by Crippen LogP contribution is -3.09. The molecule has 0 heterocycles. The Hall–Kier alpha value is -1.95. The molecule has 22 heavy (non-hydrogen) atoms. The van der Waals surface area contributed by atoms with Crippen molar-refractivity contribution < 1.29 is 18.9 Å². The minimum atomic E-state index is -0.435. The second-order valence-corrected chi connectivity index (χ2v) is 5.91. The van der Waals surface area contributed by atoms with E-state index in [2.05, 4.69) is 10.6 Å². The number of hydrogen-bond acceptors (Lipinski definition) is 2. The van der Waals surface area contributed by atoms with Crippen LogP contribution in [0.5, 0.6) is 0 Å². The molecule has 0 spiro atoms. The van der Waals surface area contributed by atoms with Gasteiger partial charge in [-0.1, -0.05) is 31.0 Å². The maximum Gasteiger partial charge on any atom is 0.321 e. The second-order valence-electron chi connectivity index (χ2n) is 5.91. The highest BCUT2D eigenvalue weighted by Crippen LogP contribution is 2.17. The van der Waals surface area contributed by atoms with Crippen molar-refractivity contribution in [2.75, 3.05) is 13.6 Å². The van der Waals surface area contributed by atoms with Gasteiger partial charge in [-0.3, -0.25) is 10.1 Å². The Kier molecular flexibility index (Phi) is 5.89. The van der Waals surface area contributed by atoms with Gasteiger partial charge in [0.05, 0.1) is 7.05 Å². The van der Waals surface area contributed by atoms with Crippen molar-refractivity contribution in [3.63, 3.8) is 0 Å². The summed E-state index contributed by atoms with van der Waals surface area (Å²) in [5.41, 5.74) is 0.559. The Balaban J connectivity index is 1.73. The molecule has 1 aliphatic rings. The van der Waals surface area contributed by atoms with Gasteiger partial charge in [0.1, 0.15) is 12.4 Å². The van der Waals surface area contributed by atoms with Crippen LogP contribution in [0.3, 0.4) is 0 Å². The molecule has 1 aromatic carbocycles. The van der Waals surface area contributed by atoms with Crippen molar-refractivity contribution in [3.8, 4) is 0 Å². The minimum Gasteiger partial charge on any atom is -0.335 e. The van der Waals surface area contributed by atoms with E-state index in [4.69, 9.17) is 0 Å². The van der Waals surface area contributed by atoms with Gasteiger partial charge in [0, 0.05) is 11.6 Å². The van der Waals surface area contributed by atoms with Gasteiger partial charge in [0.2, 0.25) is 0 Å². The molecule has 3 amide bonds. The highest BCUT2D eigenvalue weighted by atomic mass is 19.1. The Morgan fingerprint density at radius 2 is 1.95 bits per heavy atom. The summed E-state index contributed by atoms with van der Waals surface area (Å²) in [5, 5.41) is 5.14. The molecule has 0 aromatic heterocycles. The lowest BCUT2D eigenvalue weighted by Gasteiger charge is -2.15. The molecule has 1 atom stereocenters. The Bertz CT molecular complexity index is 530. The lowest BCUT2D eigenvalue weighted by atomic mass is 10.2. The van der Waals surface area contributed by atoms with E-state index in [9.17, 15) is 14.0 Å². The lowest BCUT2D eigenvalue weighted by molar-refractivity contribution is -0.885. The van der Waals surface area contributed by atoms with Crippen LogP contribution in [-0.2, 0) is 11.3 Å². The second kappa shape index (κ2) is 7.89. The van der Waals surface area contributed by atoms with Crippen LogP contribution in [0.25, 0.3) is 0 Å². The van der Waals surface area contributed by atoms with Crippen molar-refractivity contribution >= 4 is 11.9 Å². The first kappa shape index (κ1) is 16.4. The molecule has 1 aliphatic carbocycles. The van der Waals surface area contributed by atoms with Gasteiger partial charge in [0.25, 0.3) is 5.91 Å². The fraction of sp³-hybridized carbons (Fsp3) is 0.500. The fourth-order valence-corrected chi connectivity index (χ4v) is 2.77. The van der Waals surface area contributed by atoms with Crippen LogP contribution >= 0.6 is 0 Å². The zero-order chi connectivity index (χ0) is 15.9. The van der Waals surface area contributed by atoms with Crippen LogP contribution < -0.4 is 15.5 Å². The molecule has 0 aliphatic heterocycles. The van der Waals surface area contributed by atoms with Gasteiger partial charge in [-0.15, -0.1) is 0 Å². The molecule has 0 bridgehead atoms. The highest BCUT2D eigenvalue weighted by Gasteiger charge is 2.19. The number of hydrogen-bond donors (Lipinski definition) is 3. The third-order valence-electron chi connectivity index (χ3n) is 3.86. The summed E-state index contributed by atoms with van der Waals surface area (Å²) >= 11 is 0. The van der Waals surface area contributed by atoms with Crippen LogP contribution in [-0.4, -0.2) is 31.6 Å². The Morgan fingerprint density at radius 3 is 2.64 bits per heavy atom. The standard InChI is InChI=1S/C16H22FN3O2/c1-20(10-12-6-2-5-9-14(12)17)11-15(21)19-16(22)18-13-7-3-4-8-13/h2,5-6,9,13H,3-4,7-8,10-11H2,1H3,(H2,18,19,21,22)/p+1. The average molecular weight is 308 g/mol. The molecule has 1 unspecified atom stereocenters. The molecular formula is C16H23FN3O2+. The van der Waals surface area contributed by atoms with Crippen molar-refractivity contribution in [1.82, 2.24) is 10.6 Å². The number of carbonyl (C=O) groups excluding carboxylic acids is 2. The number of imide groups is 1. The first-order valence-electron chi connectivity index (χ1n) is 7.69. The monoisotopic (exact) mass is 308 g/mol. The normalized spacial score (nSPS) is 16.3. The van der Waals surface area contributed by atoms with Gasteiger partial charge in [-0.05, 0) is 18.9 Å². The zero-order valence-corrected chi connectivity index (χ0v) is 12.8. The van der Waals surface area contributed by atoms with E-state index in [-0.39, 0.29) is 24.3 Å². The van der Waals surface area contributed by atoms with E-state index in [1.54, 1.807) is 25.2 Å². The molecule has 1 aromatic rings. The van der Waals surface area contributed by atoms with Gasteiger partial charge >= 0.3 is 6.03 Å². The number of nitrogens with one attached hydrogen (secondary N) is 3. The number of quaternary nitrogens is 1. The predicted molar refractivity (Wildman–Crippen MR) is 80.8 cm³/mol. The predicted octanol–water partition coefficient (Wildman–Crippen LogP) is 0.609. The molecular weight excluding hydrogens is 285 g/mol. The van der Waals surface area contributed by atoms with E-state index < -0.39 is 6.03 Å². The summed E-state index contributed by atoms with van der Waals surface area (Å²) < 4.78 is 13.5. The van der Waals surface area contributed by atoms with Gasteiger partial charge in [0.15, 0.2) is 6.54 Å². The molecule has 5 nitrogen and oxygen atoms in total. The summed E-state index contributed by atoms with van der Waals surface area (Å²) in [6.45, 7) is 0.511. The van der Waals surface area contributed by atoms with Gasteiger partial charge in [-0.25, -0.2) is 9.18 Å². The first-order valence-corrected chi connectivity index (χ1v) is 7.69. The van der Waals surface area contributed by atoms with E-state index in [1.807, 2.05) is 0 Å². The van der Waals surface area contributed by atoms with Crippen molar-refractivity contribution in [2.45, 2.75) is 38.3 Å². The molecule has 120 valence electrons. The molecule has 0 saturated heterocycles. The van der Waals surface area contributed by atoms with Crippen LogP contribution in [0, 0.1) is 5.82 Å². The smallest absolute Gasteiger partial charge is 0.321 e. The molecule has 6 heteroatoms. The van der Waals surface area contributed by atoms with Crippen LogP contribution in [0.2, 0.25) is 0 Å². The van der Waals surface area contributed by atoms with E-state index >= 15 is 0 Å². The number of halogens is 1. The maximum atomic E-state index is 13.5. The first-order chi connectivity index (χ1) is 10.5. The van der Waals surface area contributed by atoms with Crippen LogP contribution in [0.15, 0.2) is 24.3 Å². The fourth-order valence-electron chi connectivity index (χ4n) is 2.77. The summed E-state index contributed by atoms with van der Waals surface area (Å²) in [6.07, 6.45) is 4.18. The van der Waals surface area contributed by atoms with E-state index in [1.165, 1.54) is 6.07 Å². The molecule has 2 rings (SSSR count). The topological polar surface area (TPSA) is 62.6 Å². The van der Waals surface area contributed by atoms with Crippen molar-refractivity contribution in [3.05, 3.63) is 35.6 Å². The maximum absolute atomic E-state index is 13.5. The number of benzene rings is 1. The summed E-state index contributed by atoms with van der Waals surface area (Å²) in [7, 11) is 1.79. The summed E-state index contributed by atoms with van der Waals surface area (Å²) in [5.74, 6) is -0.634. The Labute approximate surface area is 129 Å². The van der Waals surface area contributed by atoms with Gasteiger partial charge < -0.3 is 10.2 Å². The molecule has 0 radical (unpaired) electrons. The highest BCUT2D eigenvalue weighted by molar-refractivity contribution is 5.94. The molecule has 1 saturated carbocycles. The number of likely N-dealkylation sites (N-methyl/N-ethyl adjacent to an activating group) is 1. The largest absolute Gasteiger partial charge is 0.335 e. The SMILES string of the molecule is C[NH+](CC(=O)NC(=O)NC1CCCC1)Cc1ccccc1F. The number of carbonyl (C=O) groups is 2. The van der Waals surface area contributed by atoms with Crippen LogP contribution in [0.4, 0.5) is 9.18 Å². The Morgan fingerprint density at radius 1 is 1.27 bits per heavy atom. The van der Waals surface area contributed by atoms with Crippen LogP contribution in [0.1, 0.15) is 31.2 Å². The van der Waals surface area contributed by atoms with Crippen molar-refractivity contribution in [1.29, 1.82) is 0 Å². The molecule has 1 fully saturated rings. The third-order valence-corrected chi connectivity index (χ3v) is 3.86. The summed E-state index contributed by atoms with van der Waals surface area (Å²) in [4.78, 5) is 24.3. The van der Waals surface area contributed by atoms with Crippen molar-refractivity contribution in [2.24, 2.45) is 0 Å².